The molecule has 0 amide bonds. The van der Waals surface area contributed by atoms with E-state index in [9.17, 15) is 9.59 Å². The van der Waals surface area contributed by atoms with Crippen molar-refractivity contribution in [1.82, 2.24) is 0 Å². The summed E-state index contributed by atoms with van der Waals surface area (Å²) < 4.78 is 10.1. The van der Waals surface area contributed by atoms with Gasteiger partial charge < -0.3 is 9.47 Å². The maximum absolute atomic E-state index is 11.7. The summed E-state index contributed by atoms with van der Waals surface area (Å²) in [6, 6.07) is 2.85. The van der Waals surface area contributed by atoms with E-state index in [1.165, 1.54) is 12.1 Å². The Labute approximate surface area is 144 Å². The highest BCUT2D eigenvalue weighted by Gasteiger charge is 2.11. The molecule has 0 fully saturated rings. The summed E-state index contributed by atoms with van der Waals surface area (Å²) >= 11 is 17.5. The SMILES string of the molecule is CCCOC(=O)CCCCC(=O)Oc1cc(Cl)c(Cl)c(Cl)c1. The lowest BCUT2D eigenvalue weighted by Crippen LogP contribution is -2.09. The zero-order valence-corrected chi connectivity index (χ0v) is 14.4. The van der Waals surface area contributed by atoms with Gasteiger partial charge in [-0.05, 0) is 19.3 Å². The summed E-state index contributed by atoms with van der Waals surface area (Å²) in [6.07, 6.45) is 2.39. The van der Waals surface area contributed by atoms with E-state index in [4.69, 9.17) is 44.3 Å². The average molecular weight is 368 g/mol. The van der Waals surface area contributed by atoms with Crippen molar-refractivity contribution in [1.29, 1.82) is 0 Å². The van der Waals surface area contributed by atoms with Gasteiger partial charge in [0.25, 0.3) is 0 Å². The first-order chi connectivity index (χ1) is 10.4. The number of unbranched alkanes of at least 4 members (excludes halogenated alkanes) is 1. The molecular weight excluding hydrogens is 351 g/mol. The van der Waals surface area contributed by atoms with Gasteiger partial charge in [0.05, 0.1) is 21.7 Å². The van der Waals surface area contributed by atoms with Gasteiger partial charge >= 0.3 is 11.9 Å². The predicted octanol–water partition coefficient (Wildman–Crippen LogP) is 5.07. The molecule has 0 aromatic heterocycles. The molecule has 0 saturated carbocycles. The molecule has 0 aliphatic carbocycles. The molecule has 0 spiro atoms. The zero-order chi connectivity index (χ0) is 16.5. The van der Waals surface area contributed by atoms with E-state index in [2.05, 4.69) is 0 Å². The normalized spacial score (nSPS) is 10.4. The molecule has 7 heteroatoms. The van der Waals surface area contributed by atoms with Crippen LogP contribution >= 0.6 is 34.8 Å². The van der Waals surface area contributed by atoms with Crippen molar-refractivity contribution in [2.45, 2.75) is 39.0 Å². The minimum atomic E-state index is -0.420. The van der Waals surface area contributed by atoms with Gasteiger partial charge in [0.15, 0.2) is 0 Å². The van der Waals surface area contributed by atoms with Gasteiger partial charge in [-0.3, -0.25) is 9.59 Å². The Bertz CT molecular complexity index is 509. The van der Waals surface area contributed by atoms with Gasteiger partial charge in [-0.15, -0.1) is 0 Å². The largest absolute Gasteiger partial charge is 0.466 e. The number of rotatable bonds is 8. The van der Waals surface area contributed by atoms with E-state index in [-0.39, 0.29) is 33.2 Å². The maximum Gasteiger partial charge on any atom is 0.311 e. The van der Waals surface area contributed by atoms with Gasteiger partial charge in [0.2, 0.25) is 0 Å². The van der Waals surface area contributed by atoms with Gasteiger partial charge in [-0.2, -0.15) is 0 Å². The molecule has 0 aliphatic rings. The Morgan fingerprint density at radius 3 is 2.09 bits per heavy atom. The van der Waals surface area contributed by atoms with Crippen LogP contribution in [0.25, 0.3) is 0 Å². The minimum Gasteiger partial charge on any atom is -0.466 e. The van der Waals surface area contributed by atoms with Crippen LogP contribution in [0.1, 0.15) is 39.0 Å². The Balaban J connectivity index is 2.31. The van der Waals surface area contributed by atoms with E-state index in [1.807, 2.05) is 6.92 Å². The van der Waals surface area contributed by atoms with Gasteiger partial charge in [0.1, 0.15) is 5.75 Å². The van der Waals surface area contributed by atoms with E-state index >= 15 is 0 Å². The Hall–Kier alpha value is -0.970. The third-order valence-corrected chi connectivity index (χ3v) is 3.86. The number of carbonyl (C=O) groups is 2. The van der Waals surface area contributed by atoms with Crippen LogP contribution in [0.5, 0.6) is 5.75 Å². The molecule has 0 radical (unpaired) electrons. The molecule has 0 saturated heterocycles. The molecule has 1 rings (SSSR count). The fourth-order valence-corrected chi connectivity index (χ4v) is 2.18. The third-order valence-electron chi connectivity index (χ3n) is 2.67. The summed E-state index contributed by atoms with van der Waals surface area (Å²) in [4.78, 5) is 22.9. The van der Waals surface area contributed by atoms with Crippen LogP contribution < -0.4 is 4.74 Å². The molecule has 1 aromatic carbocycles. The first-order valence-corrected chi connectivity index (χ1v) is 8.08. The topological polar surface area (TPSA) is 52.6 Å². The molecule has 0 unspecified atom stereocenters. The van der Waals surface area contributed by atoms with Gasteiger partial charge in [-0.1, -0.05) is 41.7 Å². The van der Waals surface area contributed by atoms with Crippen LogP contribution in [-0.4, -0.2) is 18.5 Å². The van der Waals surface area contributed by atoms with E-state index in [1.54, 1.807) is 0 Å². The minimum absolute atomic E-state index is 0.193. The van der Waals surface area contributed by atoms with Crippen LogP contribution in [-0.2, 0) is 14.3 Å². The zero-order valence-electron chi connectivity index (χ0n) is 12.2. The monoisotopic (exact) mass is 366 g/mol. The van der Waals surface area contributed by atoms with E-state index < -0.39 is 5.97 Å². The molecule has 0 aliphatic heterocycles. The summed E-state index contributed by atoms with van der Waals surface area (Å²) in [7, 11) is 0. The van der Waals surface area contributed by atoms with Crippen molar-refractivity contribution < 1.29 is 19.1 Å². The lowest BCUT2D eigenvalue weighted by atomic mass is 10.2. The Morgan fingerprint density at radius 2 is 1.55 bits per heavy atom. The number of esters is 2. The van der Waals surface area contributed by atoms with Crippen molar-refractivity contribution >= 4 is 46.7 Å². The molecular formula is C15H17Cl3O4. The van der Waals surface area contributed by atoms with E-state index in [0.717, 1.165) is 6.42 Å². The second-order valence-electron chi connectivity index (χ2n) is 4.60. The molecule has 122 valence electrons. The molecule has 4 nitrogen and oxygen atoms in total. The van der Waals surface area contributed by atoms with Crippen LogP contribution in [0.4, 0.5) is 0 Å². The van der Waals surface area contributed by atoms with Crippen LogP contribution in [0.2, 0.25) is 15.1 Å². The Kier molecular flexibility index (Phi) is 8.61. The molecule has 0 bridgehead atoms. The number of hydrogen-bond donors (Lipinski definition) is 0. The van der Waals surface area contributed by atoms with Gasteiger partial charge in [-0.25, -0.2) is 0 Å². The summed E-state index contributed by atoms with van der Waals surface area (Å²) in [5.74, 6) is -0.422. The highest BCUT2D eigenvalue weighted by molar-refractivity contribution is 6.48. The standard InChI is InChI=1S/C15H17Cl3O4/c1-2-7-21-13(19)5-3-4-6-14(20)22-10-8-11(16)15(18)12(17)9-10/h8-9H,2-7H2,1H3. The first-order valence-electron chi connectivity index (χ1n) is 6.95. The van der Waals surface area contributed by atoms with Crippen molar-refractivity contribution in [3.8, 4) is 5.75 Å². The number of hydrogen-bond acceptors (Lipinski definition) is 4. The summed E-state index contributed by atoms with van der Waals surface area (Å²) in [5.41, 5.74) is 0. The molecule has 22 heavy (non-hydrogen) atoms. The second kappa shape index (κ2) is 9.93. The number of benzene rings is 1. The Morgan fingerprint density at radius 1 is 1.00 bits per heavy atom. The van der Waals surface area contributed by atoms with Crippen molar-refractivity contribution in [2.24, 2.45) is 0 Å². The fraction of sp³-hybridized carbons (Fsp3) is 0.467. The molecule has 0 N–H and O–H groups in total. The van der Waals surface area contributed by atoms with Crippen molar-refractivity contribution in [3.63, 3.8) is 0 Å². The first kappa shape index (κ1) is 19.1. The molecule has 1 aromatic rings. The van der Waals surface area contributed by atoms with Gasteiger partial charge in [0, 0.05) is 25.0 Å². The van der Waals surface area contributed by atoms with Crippen molar-refractivity contribution in [2.75, 3.05) is 6.61 Å². The summed E-state index contributed by atoms with van der Waals surface area (Å²) in [6.45, 7) is 2.36. The average Bonchev–Trinajstić information content (AvgIpc) is 2.47. The van der Waals surface area contributed by atoms with Crippen LogP contribution in [0.15, 0.2) is 12.1 Å². The smallest absolute Gasteiger partial charge is 0.311 e. The van der Waals surface area contributed by atoms with Crippen LogP contribution in [0, 0.1) is 0 Å². The summed E-state index contributed by atoms with van der Waals surface area (Å²) in [5, 5.41) is 0.653. The lowest BCUT2D eigenvalue weighted by Gasteiger charge is -2.07. The fourth-order valence-electron chi connectivity index (χ4n) is 1.60. The second-order valence-corrected chi connectivity index (χ2v) is 5.79. The molecule has 0 heterocycles. The number of carbonyl (C=O) groups excluding carboxylic acids is 2. The number of halogens is 3. The lowest BCUT2D eigenvalue weighted by molar-refractivity contribution is -0.144. The predicted molar refractivity (Wildman–Crippen MR) is 86.8 cm³/mol. The highest BCUT2D eigenvalue weighted by atomic mass is 35.5. The van der Waals surface area contributed by atoms with Crippen molar-refractivity contribution in [3.05, 3.63) is 27.2 Å². The third kappa shape index (κ3) is 6.86. The number of ether oxygens (including phenoxy) is 2. The quantitative estimate of drug-likeness (QED) is 0.279. The van der Waals surface area contributed by atoms with Crippen LogP contribution in [0.3, 0.4) is 0 Å². The highest BCUT2D eigenvalue weighted by Crippen LogP contribution is 2.34. The maximum atomic E-state index is 11.7. The van der Waals surface area contributed by atoms with E-state index in [0.29, 0.717) is 25.9 Å². The molecule has 0 atom stereocenters.